The molecule has 0 saturated carbocycles. The number of nitrogens with one attached hydrogen (secondary N) is 1. The molecule has 5 amide bonds. The van der Waals surface area contributed by atoms with Crippen LogP contribution in [0.1, 0.15) is 99.8 Å². The van der Waals surface area contributed by atoms with Crippen molar-refractivity contribution in [1.82, 2.24) is 30.2 Å². The maximum absolute atomic E-state index is 13.5. The maximum atomic E-state index is 13.5. The fourth-order valence-electron chi connectivity index (χ4n) is 10.0. The number of amides is 5. The van der Waals surface area contributed by atoms with Crippen LogP contribution in [0, 0.1) is 22.7 Å². The number of benzene rings is 2. The highest BCUT2D eigenvalue weighted by atomic mass is 35.5. The van der Waals surface area contributed by atoms with Gasteiger partial charge in [0.1, 0.15) is 12.1 Å². The molecule has 9 rings (SSSR count). The fraction of sp³-hybridized carbons (Fsp3) is 0.476. The van der Waals surface area contributed by atoms with Crippen LogP contribution in [-0.4, -0.2) is 106 Å². The van der Waals surface area contributed by atoms with E-state index in [4.69, 9.17) is 11.6 Å². The molecule has 1 spiro atoms. The van der Waals surface area contributed by atoms with Crippen molar-refractivity contribution >= 4 is 52.6 Å². The van der Waals surface area contributed by atoms with Crippen LogP contribution in [0.2, 0.25) is 5.02 Å². The normalized spacial score (nSPS) is 23.6. The van der Waals surface area contributed by atoms with Crippen molar-refractivity contribution in [2.24, 2.45) is 11.3 Å². The van der Waals surface area contributed by atoms with E-state index in [0.717, 1.165) is 85.8 Å². The van der Waals surface area contributed by atoms with E-state index in [-0.39, 0.29) is 24.2 Å². The number of anilines is 2. The Hall–Kier alpha value is -5.39. The van der Waals surface area contributed by atoms with Crippen molar-refractivity contribution in [3.63, 3.8) is 0 Å². The topological polar surface area (TPSA) is 163 Å². The Bertz CT molecular complexity index is 2180. The molecule has 1 unspecified atom stereocenters. The van der Waals surface area contributed by atoms with Crippen LogP contribution in [0.3, 0.4) is 0 Å². The summed E-state index contributed by atoms with van der Waals surface area (Å²) in [6.45, 7) is 8.39. The largest absolute Gasteiger partial charge is 0.368 e. The Balaban J connectivity index is 0.745. The average molecular weight is 790 g/mol. The van der Waals surface area contributed by atoms with E-state index in [9.17, 15) is 29.2 Å². The van der Waals surface area contributed by atoms with Gasteiger partial charge in [0, 0.05) is 70.5 Å². The van der Waals surface area contributed by atoms with Gasteiger partial charge in [0.05, 0.1) is 21.7 Å². The van der Waals surface area contributed by atoms with Gasteiger partial charge < -0.3 is 14.7 Å². The van der Waals surface area contributed by atoms with E-state index in [2.05, 4.69) is 43.2 Å². The summed E-state index contributed by atoms with van der Waals surface area (Å²) in [5.41, 5.74) is 4.75. The van der Waals surface area contributed by atoms with Crippen LogP contribution >= 0.6 is 11.6 Å². The zero-order chi connectivity index (χ0) is 39.6. The second-order valence-electron chi connectivity index (χ2n) is 16.7. The number of aromatic nitrogens is 2. The van der Waals surface area contributed by atoms with E-state index >= 15 is 0 Å². The first-order valence-corrected chi connectivity index (χ1v) is 20.3. The molecule has 0 aliphatic carbocycles. The van der Waals surface area contributed by atoms with Crippen LogP contribution in [-0.2, 0) is 22.7 Å². The predicted molar refractivity (Wildman–Crippen MR) is 209 cm³/mol. The molecule has 2 aromatic carbocycles. The molecule has 14 nitrogen and oxygen atoms in total. The third-order valence-corrected chi connectivity index (χ3v) is 13.5. The Morgan fingerprint density at radius 1 is 0.930 bits per heavy atom. The van der Waals surface area contributed by atoms with Crippen LogP contribution < -0.4 is 15.1 Å². The van der Waals surface area contributed by atoms with Gasteiger partial charge in [0.15, 0.2) is 11.5 Å². The van der Waals surface area contributed by atoms with Gasteiger partial charge in [0.25, 0.3) is 17.7 Å². The second-order valence-corrected chi connectivity index (χ2v) is 17.1. The third kappa shape index (κ3) is 6.80. The lowest BCUT2D eigenvalue weighted by Crippen LogP contribution is -2.54. The van der Waals surface area contributed by atoms with Gasteiger partial charge in [-0.15, -0.1) is 10.2 Å². The van der Waals surface area contributed by atoms with Crippen LogP contribution in [0.5, 0.6) is 0 Å². The summed E-state index contributed by atoms with van der Waals surface area (Å²) in [6.07, 6.45) is 5.11. The van der Waals surface area contributed by atoms with E-state index in [0.29, 0.717) is 65.5 Å². The molecule has 6 aliphatic rings. The van der Waals surface area contributed by atoms with Crippen LogP contribution in [0.15, 0.2) is 42.5 Å². The van der Waals surface area contributed by atoms with Gasteiger partial charge in [0.2, 0.25) is 11.8 Å². The molecule has 7 heterocycles. The van der Waals surface area contributed by atoms with Crippen molar-refractivity contribution in [3.8, 4) is 6.07 Å². The fourth-order valence-corrected chi connectivity index (χ4v) is 10.2. The van der Waals surface area contributed by atoms with E-state index < -0.39 is 29.7 Å². The van der Waals surface area contributed by atoms with Gasteiger partial charge in [-0.2, -0.15) is 5.26 Å². The number of nitriles is 1. The summed E-state index contributed by atoms with van der Waals surface area (Å²) in [5.74, 6) is -0.887. The number of imide groups is 2. The van der Waals surface area contributed by atoms with Crippen molar-refractivity contribution < 1.29 is 24.0 Å². The number of carbonyl (C=O) groups is 5. The molecule has 1 aromatic heterocycles. The van der Waals surface area contributed by atoms with Crippen molar-refractivity contribution in [3.05, 3.63) is 81.0 Å². The maximum Gasteiger partial charge on any atom is 0.274 e. The summed E-state index contributed by atoms with van der Waals surface area (Å²) in [5, 5.41) is 20.9. The first-order valence-electron chi connectivity index (χ1n) is 19.9. The average Bonchev–Trinajstić information content (AvgIpc) is 3.84. The van der Waals surface area contributed by atoms with Gasteiger partial charge in [-0.05, 0) is 110 Å². The third-order valence-electron chi connectivity index (χ3n) is 13.2. The highest BCUT2D eigenvalue weighted by molar-refractivity contribution is 6.32. The van der Waals surface area contributed by atoms with Crippen LogP contribution in [0.4, 0.5) is 11.5 Å². The number of carbonyl (C=O) groups excluding carboxylic acids is 5. The minimum Gasteiger partial charge on any atom is -0.368 e. The lowest BCUT2D eigenvalue weighted by molar-refractivity contribution is -0.136. The molecule has 3 aromatic rings. The SMILES string of the molecule is C[C@H]1CC2(CCN(c3ccc(C(=O)N4CCC(CN5Cc6cc7c(cc6C5)C(=O)N(C5CCC(=O)NC5=O)C7=O)CC4)nn3)CC2)CN1c1ccc(C#N)c(Cl)c1. The zero-order valence-corrected chi connectivity index (χ0v) is 32.6. The summed E-state index contributed by atoms with van der Waals surface area (Å²) < 4.78 is 0. The molecule has 6 aliphatic heterocycles. The first-order chi connectivity index (χ1) is 27.5. The number of halogens is 1. The lowest BCUT2D eigenvalue weighted by Gasteiger charge is -2.39. The molecule has 0 bridgehead atoms. The number of piperidine rings is 3. The predicted octanol–water partition coefficient (Wildman–Crippen LogP) is 4.16. The minimum absolute atomic E-state index is 0.0880. The van der Waals surface area contributed by atoms with Crippen molar-refractivity contribution in [2.45, 2.75) is 77.0 Å². The molecule has 15 heteroatoms. The van der Waals surface area contributed by atoms with E-state index in [1.807, 2.05) is 23.1 Å². The Labute approximate surface area is 335 Å². The van der Waals surface area contributed by atoms with Gasteiger partial charge in [-0.1, -0.05) is 11.6 Å². The summed E-state index contributed by atoms with van der Waals surface area (Å²) in [6, 6.07) is 14.6. The molecule has 57 heavy (non-hydrogen) atoms. The molecule has 294 valence electrons. The van der Waals surface area contributed by atoms with Gasteiger partial charge in [-0.3, -0.25) is 39.1 Å². The number of rotatable bonds is 6. The van der Waals surface area contributed by atoms with Crippen LogP contribution in [0.25, 0.3) is 0 Å². The van der Waals surface area contributed by atoms with Gasteiger partial charge in [-0.25, -0.2) is 0 Å². The molecule has 4 fully saturated rings. The number of nitrogens with zero attached hydrogens (tertiary/aromatic N) is 8. The molecular formula is C42H44ClN9O5. The van der Waals surface area contributed by atoms with Crippen molar-refractivity contribution in [1.29, 1.82) is 5.26 Å². The number of likely N-dealkylation sites (tertiary alicyclic amines) is 1. The highest BCUT2D eigenvalue weighted by Crippen LogP contribution is 2.46. The number of hydrogen-bond acceptors (Lipinski definition) is 11. The zero-order valence-electron chi connectivity index (χ0n) is 31.9. The first kappa shape index (κ1) is 37.2. The van der Waals surface area contributed by atoms with Gasteiger partial charge >= 0.3 is 0 Å². The monoisotopic (exact) mass is 789 g/mol. The molecule has 4 saturated heterocycles. The second kappa shape index (κ2) is 14.5. The Kier molecular flexibility index (Phi) is 9.48. The quantitative estimate of drug-likeness (QED) is 0.357. The Morgan fingerprint density at radius 2 is 1.63 bits per heavy atom. The highest BCUT2D eigenvalue weighted by Gasteiger charge is 2.46. The lowest BCUT2D eigenvalue weighted by atomic mass is 9.77. The molecule has 0 radical (unpaired) electrons. The minimum atomic E-state index is -0.975. The number of hydrogen-bond donors (Lipinski definition) is 1. The summed E-state index contributed by atoms with van der Waals surface area (Å²) in [4.78, 5) is 74.0. The van der Waals surface area contributed by atoms with E-state index in [1.165, 1.54) is 0 Å². The molecular weight excluding hydrogens is 746 g/mol. The summed E-state index contributed by atoms with van der Waals surface area (Å²) >= 11 is 6.36. The summed E-state index contributed by atoms with van der Waals surface area (Å²) in [7, 11) is 0. The number of fused-ring (bicyclic) bond motifs is 2. The Morgan fingerprint density at radius 3 is 2.25 bits per heavy atom. The van der Waals surface area contributed by atoms with E-state index in [1.54, 1.807) is 24.3 Å². The smallest absolute Gasteiger partial charge is 0.274 e. The molecule has 2 atom stereocenters. The molecule has 1 N–H and O–H groups in total. The van der Waals surface area contributed by atoms with Crippen molar-refractivity contribution in [2.75, 3.05) is 49.1 Å². The standard InChI is InChI=1S/C42H44ClN9O5/c1-25-19-42(24-51(25)30-3-2-27(20-44)33(43)18-30)10-14-49(15-11-42)36-6-4-34(46-47-36)41(57)50-12-8-26(9-13-50)21-48-22-28-16-31-32(17-29(28)23-48)40(56)52(39(31)55)35-5-7-37(53)45-38(35)54/h2-4,6,16-18,25-26,35H,5,7-15,19,21-24H2,1H3,(H,45,53,54)/t25-,35?/m0/s1.